The summed E-state index contributed by atoms with van der Waals surface area (Å²) in [5.74, 6) is 0.713. The van der Waals surface area contributed by atoms with Crippen LogP contribution in [-0.2, 0) is 10.0 Å². The van der Waals surface area contributed by atoms with E-state index in [1.807, 2.05) is 0 Å². The van der Waals surface area contributed by atoms with E-state index in [0.717, 1.165) is 15.1 Å². The van der Waals surface area contributed by atoms with Gasteiger partial charge in [0.15, 0.2) is 5.82 Å². The van der Waals surface area contributed by atoms with Crippen LogP contribution in [0.1, 0.15) is 0 Å². The Morgan fingerprint density at radius 2 is 1.95 bits per heavy atom. The van der Waals surface area contributed by atoms with Crippen LogP contribution in [-0.4, -0.2) is 25.2 Å². The van der Waals surface area contributed by atoms with Gasteiger partial charge in [-0.25, -0.2) is 8.42 Å². The largest absolute Gasteiger partial charge is 0.365 e. The fraction of sp³-hybridized carbons (Fsp3) is 0.0909. The lowest BCUT2D eigenvalue weighted by atomic mass is 10.5. The van der Waals surface area contributed by atoms with E-state index in [0.29, 0.717) is 12.4 Å². The van der Waals surface area contributed by atoms with Gasteiger partial charge in [0, 0.05) is 6.54 Å². The molecule has 0 fully saturated rings. The second-order valence-electron chi connectivity index (χ2n) is 3.64. The van der Waals surface area contributed by atoms with E-state index in [2.05, 4.69) is 42.7 Å². The second-order valence-corrected chi connectivity index (χ2v) is 8.01. The average Bonchev–Trinajstić information content (AvgIpc) is 2.85. The Morgan fingerprint density at radius 1 is 1.25 bits per heavy atom. The Morgan fingerprint density at radius 3 is 2.50 bits per heavy atom. The summed E-state index contributed by atoms with van der Waals surface area (Å²) in [4.78, 5) is 0. The highest BCUT2D eigenvalue weighted by Crippen LogP contribution is 2.27. The predicted octanol–water partition coefficient (Wildman–Crippen LogP) is 2.70. The van der Waals surface area contributed by atoms with Gasteiger partial charge in [0.05, 0.1) is 3.79 Å². The molecule has 0 aliphatic carbocycles. The molecule has 0 aliphatic heterocycles. The highest BCUT2D eigenvalue weighted by atomic mass is 79.9. The molecule has 2 N–H and O–H groups in total. The Bertz CT molecular complexity index is 697. The van der Waals surface area contributed by atoms with Crippen molar-refractivity contribution in [2.75, 3.05) is 16.6 Å². The maximum absolute atomic E-state index is 12.1. The van der Waals surface area contributed by atoms with Crippen LogP contribution in [0, 0.1) is 0 Å². The summed E-state index contributed by atoms with van der Waals surface area (Å²) in [5.41, 5.74) is 0. The van der Waals surface area contributed by atoms with Gasteiger partial charge in [0.1, 0.15) is 10.0 Å². The molecule has 0 bridgehead atoms. The summed E-state index contributed by atoms with van der Waals surface area (Å²) >= 11 is 4.35. The van der Waals surface area contributed by atoms with Crippen LogP contribution in [0.3, 0.4) is 0 Å². The lowest BCUT2D eigenvalue weighted by molar-refractivity contribution is 0.603. The first-order chi connectivity index (χ1) is 9.51. The van der Waals surface area contributed by atoms with Crippen molar-refractivity contribution in [3.8, 4) is 0 Å². The third kappa shape index (κ3) is 3.78. The number of anilines is 2. The Hall–Kier alpha value is -1.45. The zero-order valence-electron chi connectivity index (χ0n) is 10.2. The zero-order chi connectivity index (χ0) is 14.6. The molecule has 0 spiro atoms. The fourth-order valence-electron chi connectivity index (χ4n) is 1.29. The van der Waals surface area contributed by atoms with Gasteiger partial charge < -0.3 is 5.32 Å². The molecule has 0 unspecified atom stereocenters. The molecule has 0 saturated carbocycles. The molecule has 2 aromatic rings. The van der Waals surface area contributed by atoms with Crippen molar-refractivity contribution in [1.82, 2.24) is 10.2 Å². The molecule has 0 atom stereocenters. The van der Waals surface area contributed by atoms with E-state index in [1.54, 1.807) is 24.3 Å². The molecule has 0 aromatic carbocycles. The topological polar surface area (TPSA) is 84.0 Å². The zero-order valence-corrected chi connectivity index (χ0v) is 13.4. The molecule has 0 radical (unpaired) electrons. The molecule has 0 aliphatic rings. The molecular formula is C11H11BrN4O2S2. The molecule has 2 rings (SSSR count). The summed E-state index contributed by atoms with van der Waals surface area (Å²) in [7, 11) is -3.62. The van der Waals surface area contributed by atoms with Crippen LogP contribution in [0.4, 0.5) is 11.6 Å². The summed E-state index contributed by atoms with van der Waals surface area (Å²) in [6.45, 7) is 4.13. The SMILES string of the molecule is C=CCNc1ccc(NS(=O)(=O)c2ccc(Br)s2)nn1. The highest BCUT2D eigenvalue weighted by Gasteiger charge is 2.17. The molecule has 20 heavy (non-hydrogen) atoms. The Kier molecular flexibility index (Phi) is 4.73. The van der Waals surface area contributed by atoms with Crippen molar-refractivity contribution < 1.29 is 8.42 Å². The first-order valence-corrected chi connectivity index (χ1v) is 8.57. The van der Waals surface area contributed by atoms with Gasteiger partial charge in [0.25, 0.3) is 10.0 Å². The van der Waals surface area contributed by atoms with Gasteiger partial charge in [-0.3, -0.25) is 4.72 Å². The summed E-state index contributed by atoms with van der Waals surface area (Å²) < 4.78 is 27.4. The molecule has 106 valence electrons. The minimum Gasteiger partial charge on any atom is -0.365 e. The summed E-state index contributed by atoms with van der Waals surface area (Å²) in [6.07, 6.45) is 1.69. The van der Waals surface area contributed by atoms with E-state index in [1.165, 1.54) is 6.07 Å². The molecule has 2 aromatic heterocycles. The van der Waals surface area contributed by atoms with Crippen LogP contribution >= 0.6 is 27.3 Å². The normalized spacial score (nSPS) is 11.1. The van der Waals surface area contributed by atoms with Crippen molar-refractivity contribution in [2.45, 2.75) is 4.21 Å². The monoisotopic (exact) mass is 374 g/mol. The van der Waals surface area contributed by atoms with Crippen LogP contribution in [0.15, 0.2) is 44.9 Å². The van der Waals surface area contributed by atoms with Crippen LogP contribution < -0.4 is 10.0 Å². The number of halogens is 1. The van der Waals surface area contributed by atoms with Crippen molar-refractivity contribution in [2.24, 2.45) is 0 Å². The van der Waals surface area contributed by atoms with E-state index in [9.17, 15) is 8.42 Å². The lowest BCUT2D eigenvalue weighted by Gasteiger charge is -2.05. The fourth-order valence-corrected chi connectivity index (χ4v) is 4.29. The number of aromatic nitrogens is 2. The first-order valence-electron chi connectivity index (χ1n) is 5.48. The van der Waals surface area contributed by atoms with Crippen LogP contribution in [0.5, 0.6) is 0 Å². The van der Waals surface area contributed by atoms with Crippen molar-refractivity contribution in [3.63, 3.8) is 0 Å². The lowest BCUT2D eigenvalue weighted by Crippen LogP contribution is -2.13. The number of hydrogen-bond acceptors (Lipinski definition) is 6. The van der Waals surface area contributed by atoms with Crippen molar-refractivity contribution in [3.05, 3.63) is 40.7 Å². The smallest absolute Gasteiger partial charge is 0.272 e. The van der Waals surface area contributed by atoms with E-state index < -0.39 is 10.0 Å². The molecule has 0 amide bonds. The first kappa shape index (κ1) is 14.9. The minimum atomic E-state index is -3.62. The number of sulfonamides is 1. The summed E-state index contributed by atoms with van der Waals surface area (Å²) in [6, 6.07) is 6.37. The van der Waals surface area contributed by atoms with E-state index >= 15 is 0 Å². The molecule has 2 heterocycles. The minimum absolute atomic E-state index is 0.165. The number of rotatable bonds is 6. The van der Waals surface area contributed by atoms with Crippen molar-refractivity contribution in [1.29, 1.82) is 0 Å². The number of thiophene rings is 1. The van der Waals surface area contributed by atoms with Gasteiger partial charge in [-0.05, 0) is 40.2 Å². The Labute approximate surface area is 129 Å². The third-order valence-electron chi connectivity index (χ3n) is 2.14. The van der Waals surface area contributed by atoms with Gasteiger partial charge in [0.2, 0.25) is 0 Å². The molecule has 0 saturated heterocycles. The van der Waals surface area contributed by atoms with Gasteiger partial charge in [-0.2, -0.15) is 0 Å². The maximum Gasteiger partial charge on any atom is 0.272 e. The quantitative estimate of drug-likeness (QED) is 0.759. The number of nitrogens with zero attached hydrogens (tertiary/aromatic N) is 2. The molecule has 6 nitrogen and oxygen atoms in total. The average molecular weight is 375 g/mol. The van der Waals surface area contributed by atoms with Gasteiger partial charge >= 0.3 is 0 Å². The van der Waals surface area contributed by atoms with Crippen LogP contribution in [0.25, 0.3) is 0 Å². The molecular weight excluding hydrogens is 364 g/mol. The van der Waals surface area contributed by atoms with Crippen LogP contribution in [0.2, 0.25) is 0 Å². The van der Waals surface area contributed by atoms with Crippen molar-refractivity contribution >= 4 is 48.9 Å². The van der Waals surface area contributed by atoms with E-state index in [4.69, 9.17) is 0 Å². The summed E-state index contributed by atoms with van der Waals surface area (Å²) in [5, 5.41) is 10.6. The van der Waals surface area contributed by atoms with Gasteiger partial charge in [-0.15, -0.1) is 28.1 Å². The van der Waals surface area contributed by atoms with Gasteiger partial charge in [-0.1, -0.05) is 6.08 Å². The highest BCUT2D eigenvalue weighted by molar-refractivity contribution is 9.11. The second kappa shape index (κ2) is 6.33. The Balaban J connectivity index is 2.11. The number of hydrogen-bond donors (Lipinski definition) is 2. The number of nitrogens with one attached hydrogen (secondary N) is 2. The maximum atomic E-state index is 12.1. The van der Waals surface area contributed by atoms with E-state index in [-0.39, 0.29) is 10.0 Å². The molecule has 9 heteroatoms. The third-order valence-corrected chi connectivity index (χ3v) is 5.61. The standard InChI is InChI=1S/C11H11BrN4O2S2/c1-2-7-13-9-4-5-10(15-14-9)16-20(17,18)11-6-3-8(12)19-11/h2-6H,1,7H2,(H,13,14)(H,15,16). The predicted molar refractivity (Wildman–Crippen MR) is 83.5 cm³/mol.